The quantitative estimate of drug-likeness (QED) is 0.794. The standard InChI is InChI=1S/C16H16ClN5/c1-10-9-15(19-14-6-4-13(17)5-7-14)20-16(18-10)22-12(3)8-11(2)21-22/h4-9H,1-3H3,(H,18,19,20). The van der Waals surface area contributed by atoms with Crippen LogP contribution in [0.1, 0.15) is 17.1 Å². The van der Waals surface area contributed by atoms with Gasteiger partial charge in [-0.25, -0.2) is 9.67 Å². The minimum Gasteiger partial charge on any atom is -0.340 e. The van der Waals surface area contributed by atoms with Gasteiger partial charge < -0.3 is 5.32 Å². The topological polar surface area (TPSA) is 55.6 Å². The average Bonchev–Trinajstić information content (AvgIpc) is 2.80. The molecule has 1 N–H and O–H groups in total. The first-order valence-electron chi connectivity index (χ1n) is 6.93. The van der Waals surface area contributed by atoms with E-state index in [-0.39, 0.29) is 0 Å². The van der Waals surface area contributed by atoms with Gasteiger partial charge in [-0.05, 0) is 51.1 Å². The molecule has 1 aromatic carbocycles. The second-order valence-electron chi connectivity index (χ2n) is 5.17. The Labute approximate surface area is 134 Å². The summed E-state index contributed by atoms with van der Waals surface area (Å²) in [4.78, 5) is 9.00. The number of halogens is 1. The molecular weight excluding hydrogens is 298 g/mol. The molecule has 0 fully saturated rings. The van der Waals surface area contributed by atoms with Crippen LogP contribution in [-0.4, -0.2) is 19.7 Å². The summed E-state index contributed by atoms with van der Waals surface area (Å²) in [5, 5.41) is 8.39. The molecule has 0 amide bonds. The van der Waals surface area contributed by atoms with E-state index >= 15 is 0 Å². The van der Waals surface area contributed by atoms with Crippen LogP contribution in [-0.2, 0) is 0 Å². The van der Waals surface area contributed by atoms with Crippen molar-refractivity contribution in [3.8, 4) is 5.95 Å². The summed E-state index contributed by atoms with van der Waals surface area (Å²) < 4.78 is 1.75. The molecule has 6 heteroatoms. The van der Waals surface area contributed by atoms with Crippen molar-refractivity contribution in [1.29, 1.82) is 0 Å². The molecule has 2 heterocycles. The number of benzene rings is 1. The minimum absolute atomic E-state index is 0.557. The fourth-order valence-corrected chi connectivity index (χ4v) is 2.35. The first-order valence-corrected chi connectivity index (χ1v) is 7.31. The fraction of sp³-hybridized carbons (Fsp3) is 0.188. The van der Waals surface area contributed by atoms with Crippen LogP contribution in [0.25, 0.3) is 5.95 Å². The third-order valence-corrected chi connectivity index (χ3v) is 3.41. The Morgan fingerprint density at radius 1 is 0.955 bits per heavy atom. The number of hydrogen-bond acceptors (Lipinski definition) is 4. The van der Waals surface area contributed by atoms with Crippen LogP contribution >= 0.6 is 11.6 Å². The largest absolute Gasteiger partial charge is 0.340 e. The highest BCUT2D eigenvalue weighted by Gasteiger charge is 2.09. The number of rotatable bonds is 3. The fourth-order valence-electron chi connectivity index (χ4n) is 2.22. The molecule has 2 aromatic heterocycles. The molecule has 5 nitrogen and oxygen atoms in total. The molecule has 3 rings (SSSR count). The molecule has 0 radical (unpaired) electrons. The van der Waals surface area contributed by atoms with Gasteiger partial charge in [-0.3, -0.25) is 0 Å². The second-order valence-corrected chi connectivity index (χ2v) is 5.60. The number of nitrogens with one attached hydrogen (secondary N) is 1. The number of hydrogen-bond donors (Lipinski definition) is 1. The van der Waals surface area contributed by atoms with E-state index in [1.165, 1.54) is 0 Å². The zero-order chi connectivity index (χ0) is 15.7. The van der Waals surface area contributed by atoms with Crippen LogP contribution in [0.2, 0.25) is 5.02 Å². The van der Waals surface area contributed by atoms with Crippen molar-refractivity contribution in [2.24, 2.45) is 0 Å². The van der Waals surface area contributed by atoms with Crippen LogP contribution in [0.4, 0.5) is 11.5 Å². The maximum absolute atomic E-state index is 5.90. The lowest BCUT2D eigenvalue weighted by Crippen LogP contribution is -2.08. The Morgan fingerprint density at radius 2 is 1.68 bits per heavy atom. The van der Waals surface area contributed by atoms with E-state index in [4.69, 9.17) is 11.6 Å². The van der Waals surface area contributed by atoms with Crippen molar-refractivity contribution in [3.05, 3.63) is 58.5 Å². The molecule has 0 bridgehead atoms. The second kappa shape index (κ2) is 5.77. The number of aryl methyl sites for hydroxylation is 3. The van der Waals surface area contributed by atoms with Gasteiger partial charge in [0, 0.05) is 28.2 Å². The highest BCUT2D eigenvalue weighted by atomic mass is 35.5. The lowest BCUT2D eigenvalue weighted by Gasteiger charge is -2.09. The summed E-state index contributed by atoms with van der Waals surface area (Å²) in [6.45, 7) is 5.87. The number of anilines is 2. The SMILES string of the molecule is Cc1cc(Nc2ccc(Cl)cc2)nc(-n2nc(C)cc2C)n1. The Hall–Kier alpha value is -2.40. The van der Waals surface area contributed by atoms with Gasteiger partial charge in [-0.2, -0.15) is 10.1 Å². The van der Waals surface area contributed by atoms with Crippen molar-refractivity contribution in [2.45, 2.75) is 20.8 Å². The maximum Gasteiger partial charge on any atom is 0.252 e. The van der Waals surface area contributed by atoms with Gasteiger partial charge >= 0.3 is 0 Å². The van der Waals surface area contributed by atoms with Crippen LogP contribution in [0.15, 0.2) is 36.4 Å². The van der Waals surface area contributed by atoms with E-state index in [1.807, 2.05) is 57.2 Å². The predicted molar refractivity (Wildman–Crippen MR) is 88.1 cm³/mol. The smallest absolute Gasteiger partial charge is 0.252 e. The molecule has 0 aliphatic rings. The third-order valence-electron chi connectivity index (χ3n) is 3.16. The highest BCUT2D eigenvalue weighted by molar-refractivity contribution is 6.30. The van der Waals surface area contributed by atoms with Crippen molar-refractivity contribution < 1.29 is 0 Å². The van der Waals surface area contributed by atoms with E-state index < -0.39 is 0 Å². The van der Waals surface area contributed by atoms with Gasteiger partial charge in [0.15, 0.2) is 0 Å². The highest BCUT2D eigenvalue weighted by Crippen LogP contribution is 2.19. The van der Waals surface area contributed by atoms with Gasteiger partial charge in [-0.15, -0.1) is 0 Å². The lowest BCUT2D eigenvalue weighted by atomic mass is 10.3. The Kier molecular flexibility index (Phi) is 3.81. The first-order chi connectivity index (χ1) is 10.5. The Bertz CT molecular complexity index is 808. The van der Waals surface area contributed by atoms with E-state index in [9.17, 15) is 0 Å². The maximum atomic E-state index is 5.90. The Balaban J connectivity index is 1.96. The molecule has 0 atom stereocenters. The zero-order valence-electron chi connectivity index (χ0n) is 12.6. The molecule has 0 unspecified atom stereocenters. The molecule has 22 heavy (non-hydrogen) atoms. The predicted octanol–water partition coefficient (Wildman–Crippen LogP) is 3.98. The summed E-state index contributed by atoms with van der Waals surface area (Å²) in [7, 11) is 0. The molecular formula is C16H16ClN5. The van der Waals surface area contributed by atoms with E-state index in [1.54, 1.807) is 4.68 Å². The average molecular weight is 314 g/mol. The van der Waals surface area contributed by atoms with Crippen molar-refractivity contribution in [2.75, 3.05) is 5.32 Å². The number of aromatic nitrogens is 4. The molecule has 0 saturated heterocycles. The van der Waals surface area contributed by atoms with Gasteiger partial charge in [0.05, 0.1) is 5.69 Å². The normalized spacial score (nSPS) is 10.7. The minimum atomic E-state index is 0.557. The van der Waals surface area contributed by atoms with Crippen molar-refractivity contribution in [3.63, 3.8) is 0 Å². The third kappa shape index (κ3) is 3.09. The van der Waals surface area contributed by atoms with E-state index in [0.717, 1.165) is 28.6 Å². The Morgan fingerprint density at radius 3 is 2.32 bits per heavy atom. The van der Waals surface area contributed by atoms with Crippen LogP contribution in [0.3, 0.4) is 0 Å². The van der Waals surface area contributed by atoms with Gasteiger partial charge in [0.25, 0.3) is 5.95 Å². The van der Waals surface area contributed by atoms with Crippen LogP contribution in [0.5, 0.6) is 0 Å². The molecule has 0 aliphatic heterocycles. The monoisotopic (exact) mass is 313 g/mol. The molecule has 112 valence electrons. The molecule has 0 aliphatic carbocycles. The molecule has 0 saturated carbocycles. The van der Waals surface area contributed by atoms with Crippen LogP contribution < -0.4 is 5.32 Å². The van der Waals surface area contributed by atoms with Crippen LogP contribution in [0, 0.1) is 20.8 Å². The zero-order valence-corrected chi connectivity index (χ0v) is 13.4. The lowest BCUT2D eigenvalue weighted by molar-refractivity contribution is 0.770. The summed E-state index contributed by atoms with van der Waals surface area (Å²) in [5.74, 6) is 1.28. The van der Waals surface area contributed by atoms with Gasteiger partial charge in [-0.1, -0.05) is 11.6 Å². The van der Waals surface area contributed by atoms with Crippen molar-refractivity contribution in [1.82, 2.24) is 19.7 Å². The van der Waals surface area contributed by atoms with E-state index in [0.29, 0.717) is 11.0 Å². The van der Waals surface area contributed by atoms with Crippen molar-refractivity contribution >= 4 is 23.1 Å². The summed E-state index contributed by atoms with van der Waals surface area (Å²) in [5.41, 5.74) is 3.73. The summed E-state index contributed by atoms with van der Waals surface area (Å²) >= 11 is 5.90. The molecule has 0 spiro atoms. The van der Waals surface area contributed by atoms with Gasteiger partial charge in [0.1, 0.15) is 5.82 Å². The van der Waals surface area contributed by atoms with E-state index in [2.05, 4.69) is 20.4 Å². The summed E-state index contributed by atoms with van der Waals surface area (Å²) in [6.07, 6.45) is 0. The molecule has 3 aromatic rings. The first kappa shape index (κ1) is 14.5. The number of nitrogens with zero attached hydrogens (tertiary/aromatic N) is 4. The van der Waals surface area contributed by atoms with Gasteiger partial charge in [0.2, 0.25) is 0 Å². The summed E-state index contributed by atoms with van der Waals surface area (Å²) in [6, 6.07) is 11.4.